The second-order valence-corrected chi connectivity index (χ2v) is 5.47. The van der Waals surface area contributed by atoms with Gasteiger partial charge in [-0.05, 0) is 21.8 Å². The van der Waals surface area contributed by atoms with Crippen molar-refractivity contribution >= 4 is 44.2 Å². The topological polar surface area (TPSA) is 76.7 Å². The number of halogens is 1. The third-order valence-corrected chi connectivity index (χ3v) is 3.23. The molecule has 2 aromatic heterocycles. The fraction of sp³-hybridized carbons (Fsp3) is 0.300. The Morgan fingerprint density at radius 3 is 2.71 bits per heavy atom. The van der Waals surface area contributed by atoms with Gasteiger partial charge in [0.05, 0.1) is 5.69 Å². The minimum atomic E-state index is 0.412. The summed E-state index contributed by atoms with van der Waals surface area (Å²) in [7, 11) is 0. The van der Waals surface area contributed by atoms with Crippen molar-refractivity contribution in [2.45, 2.75) is 19.8 Å². The van der Waals surface area contributed by atoms with Gasteiger partial charge < -0.3 is 5.73 Å². The predicted molar refractivity (Wildman–Crippen MR) is 73.6 cm³/mol. The lowest BCUT2D eigenvalue weighted by Gasteiger charge is -2.02. The van der Waals surface area contributed by atoms with Crippen molar-refractivity contribution in [2.24, 2.45) is 0 Å². The summed E-state index contributed by atoms with van der Waals surface area (Å²) in [5.41, 5.74) is 6.68. The van der Waals surface area contributed by atoms with E-state index in [1.54, 1.807) is 6.07 Å². The molecule has 0 amide bonds. The molecule has 0 saturated carbocycles. The molecule has 17 heavy (non-hydrogen) atoms. The van der Waals surface area contributed by atoms with Crippen molar-refractivity contribution in [3.05, 3.63) is 21.7 Å². The first-order valence-electron chi connectivity index (χ1n) is 5.07. The van der Waals surface area contributed by atoms with E-state index in [-0.39, 0.29) is 0 Å². The highest BCUT2D eigenvalue weighted by Gasteiger charge is 2.07. The Kier molecular flexibility index (Phi) is 3.58. The summed E-state index contributed by atoms with van der Waals surface area (Å²) in [5.74, 6) is 1.27. The summed E-state index contributed by atoms with van der Waals surface area (Å²) in [6, 6.07) is 1.65. The highest BCUT2D eigenvalue weighted by atomic mass is 79.9. The van der Waals surface area contributed by atoms with Crippen LogP contribution in [-0.4, -0.2) is 15.0 Å². The van der Waals surface area contributed by atoms with Crippen LogP contribution in [0.25, 0.3) is 0 Å². The molecule has 3 N–H and O–H groups in total. The first kappa shape index (κ1) is 12.3. The molecule has 0 saturated heterocycles. The Hall–Kier alpha value is -1.21. The second kappa shape index (κ2) is 4.97. The summed E-state index contributed by atoms with van der Waals surface area (Å²) in [4.78, 5) is 12.7. The highest BCUT2D eigenvalue weighted by molar-refractivity contribution is 9.10. The van der Waals surface area contributed by atoms with Gasteiger partial charge in [-0.2, -0.15) is 4.98 Å². The third-order valence-electron chi connectivity index (χ3n) is 2.05. The average molecular weight is 314 g/mol. The summed E-state index contributed by atoms with van der Waals surface area (Å²) >= 11 is 4.79. The summed E-state index contributed by atoms with van der Waals surface area (Å²) in [6.07, 6.45) is 0. The number of aromatic nitrogens is 3. The molecule has 0 spiro atoms. The van der Waals surface area contributed by atoms with Gasteiger partial charge in [-0.1, -0.05) is 13.8 Å². The van der Waals surface area contributed by atoms with Crippen molar-refractivity contribution in [3.63, 3.8) is 0 Å². The molecule has 90 valence electrons. The largest absolute Gasteiger partial charge is 0.383 e. The molecule has 2 heterocycles. The van der Waals surface area contributed by atoms with Gasteiger partial charge in [0, 0.05) is 11.4 Å². The minimum Gasteiger partial charge on any atom is -0.383 e. The van der Waals surface area contributed by atoms with Crippen LogP contribution >= 0.6 is 27.3 Å². The molecule has 5 nitrogen and oxygen atoms in total. The maximum atomic E-state index is 5.63. The maximum Gasteiger partial charge on any atom is 0.232 e. The number of rotatable bonds is 3. The van der Waals surface area contributed by atoms with Crippen LogP contribution in [0.4, 0.5) is 16.9 Å². The van der Waals surface area contributed by atoms with Crippen molar-refractivity contribution in [2.75, 3.05) is 11.1 Å². The number of nitrogen functional groups attached to an aromatic ring is 1. The van der Waals surface area contributed by atoms with Gasteiger partial charge in [0.25, 0.3) is 0 Å². The van der Waals surface area contributed by atoms with Crippen LogP contribution < -0.4 is 11.1 Å². The molecule has 7 heteroatoms. The number of nitrogens with one attached hydrogen (secondary N) is 1. The van der Waals surface area contributed by atoms with Gasteiger partial charge in [-0.15, -0.1) is 11.3 Å². The Labute approximate surface area is 112 Å². The van der Waals surface area contributed by atoms with Gasteiger partial charge in [-0.3, -0.25) is 5.32 Å². The molecule has 0 aromatic carbocycles. The average Bonchev–Trinajstić information content (AvgIpc) is 2.64. The summed E-state index contributed by atoms with van der Waals surface area (Å²) in [6.45, 7) is 4.21. The van der Waals surface area contributed by atoms with E-state index in [0.717, 1.165) is 10.8 Å². The van der Waals surface area contributed by atoms with Crippen LogP contribution in [0.2, 0.25) is 0 Å². The Morgan fingerprint density at radius 1 is 1.35 bits per heavy atom. The first-order valence-corrected chi connectivity index (χ1v) is 6.74. The van der Waals surface area contributed by atoms with Crippen LogP contribution in [-0.2, 0) is 0 Å². The number of hydrogen-bond donors (Lipinski definition) is 2. The quantitative estimate of drug-likeness (QED) is 0.851. The van der Waals surface area contributed by atoms with Crippen molar-refractivity contribution in [1.82, 2.24) is 15.0 Å². The molecule has 0 aliphatic rings. The lowest BCUT2D eigenvalue weighted by Crippen LogP contribution is -2.00. The number of nitrogens with zero attached hydrogens (tertiary/aromatic N) is 3. The standard InChI is InChI=1S/C10H12BrN5S/c1-5(2)6-4-17-10(13-6)16-9-14-7(11)3-8(12)15-9/h3-5H,1-2H3,(H3,12,13,14,15,16). The molecule has 0 aliphatic heterocycles. The van der Waals surface area contributed by atoms with Crippen LogP contribution in [0.15, 0.2) is 16.0 Å². The number of thiazole rings is 1. The molecular formula is C10H12BrN5S. The lowest BCUT2D eigenvalue weighted by molar-refractivity contribution is 0.834. The van der Waals surface area contributed by atoms with Crippen molar-refractivity contribution in [1.29, 1.82) is 0 Å². The van der Waals surface area contributed by atoms with Gasteiger partial charge in [0.1, 0.15) is 10.4 Å². The van der Waals surface area contributed by atoms with E-state index >= 15 is 0 Å². The zero-order valence-electron chi connectivity index (χ0n) is 9.44. The molecule has 2 aromatic rings. The van der Waals surface area contributed by atoms with Crippen molar-refractivity contribution < 1.29 is 0 Å². The van der Waals surface area contributed by atoms with E-state index in [9.17, 15) is 0 Å². The summed E-state index contributed by atoms with van der Waals surface area (Å²) < 4.78 is 0.646. The maximum absolute atomic E-state index is 5.63. The highest BCUT2D eigenvalue weighted by Crippen LogP contribution is 2.24. The van der Waals surface area contributed by atoms with Crippen molar-refractivity contribution in [3.8, 4) is 0 Å². The smallest absolute Gasteiger partial charge is 0.232 e. The molecule has 0 atom stereocenters. The SMILES string of the molecule is CC(C)c1csc(Nc2nc(N)cc(Br)n2)n1. The Morgan fingerprint density at radius 2 is 2.12 bits per heavy atom. The Balaban J connectivity index is 2.19. The minimum absolute atomic E-state index is 0.412. The number of nitrogens with two attached hydrogens (primary N) is 1. The van der Waals surface area contributed by atoms with Crippen LogP contribution in [0.3, 0.4) is 0 Å². The fourth-order valence-corrected chi connectivity index (χ4v) is 2.46. The van der Waals surface area contributed by atoms with Gasteiger partial charge in [-0.25, -0.2) is 9.97 Å². The molecule has 0 unspecified atom stereocenters. The predicted octanol–water partition coefficient (Wildman–Crippen LogP) is 3.14. The van der Waals surface area contributed by atoms with Gasteiger partial charge >= 0.3 is 0 Å². The molecule has 0 aliphatic carbocycles. The summed E-state index contributed by atoms with van der Waals surface area (Å²) in [5, 5.41) is 5.83. The van der Waals surface area contributed by atoms with E-state index in [0.29, 0.717) is 22.3 Å². The van der Waals surface area contributed by atoms with E-state index in [1.807, 2.05) is 5.38 Å². The monoisotopic (exact) mass is 313 g/mol. The van der Waals surface area contributed by atoms with Crippen LogP contribution in [0, 0.1) is 0 Å². The van der Waals surface area contributed by atoms with Gasteiger partial charge in [0.2, 0.25) is 5.95 Å². The zero-order chi connectivity index (χ0) is 12.4. The molecule has 2 rings (SSSR count). The van der Waals surface area contributed by atoms with Crippen LogP contribution in [0.1, 0.15) is 25.5 Å². The van der Waals surface area contributed by atoms with E-state index in [1.165, 1.54) is 11.3 Å². The zero-order valence-corrected chi connectivity index (χ0v) is 11.8. The normalized spacial score (nSPS) is 10.8. The molecule has 0 fully saturated rings. The van der Waals surface area contributed by atoms with E-state index in [2.05, 4.69) is 50.0 Å². The fourth-order valence-electron chi connectivity index (χ4n) is 1.20. The van der Waals surface area contributed by atoms with E-state index in [4.69, 9.17) is 5.73 Å². The lowest BCUT2D eigenvalue weighted by atomic mass is 10.2. The number of anilines is 3. The molecule has 0 radical (unpaired) electrons. The molecular weight excluding hydrogens is 302 g/mol. The third kappa shape index (κ3) is 3.13. The first-order chi connectivity index (χ1) is 8.04. The van der Waals surface area contributed by atoms with Gasteiger partial charge in [0.15, 0.2) is 5.13 Å². The molecule has 0 bridgehead atoms. The number of hydrogen-bond acceptors (Lipinski definition) is 6. The van der Waals surface area contributed by atoms with Crippen LogP contribution in [0.5, 0.6) is 0 Å². The Bertz CT molecular complexity index is 505. The van der Waals surface area contributed by atoms with E-state index < -0.39 is 0 Å². The second-order valence-electron chi connectivity index (χ2n) is 3.80.